The maximum atomic E-state index is 12.5. The van der Waals surface area contributed by atoms with Crippen molar-refractivity contribution in [2.45, 2.75) is 39.5 Å². The lowest BCUT2D eigenvalue weighted by molar-refractivity contribution is 0.0490. The zero-order valence-electron chi connectivity index (χ0n) is 21.4. The molecule has 3 aromatic carbocycles. The summed E-state index contributed by atoms with van der Waals surface area (Å²) >= 11 is 0. The van der Waals surface area contributed by atoms with Crippen LogP contribution in [0.3, 0.4) is 0 Å². The number of carbonyl (C=O) groups excluding carboxylic acids is 4. The molecule has 3 aromatic rings. The van der Waals surface area contributed by atoms with E-state index in [1.54, 1.807) is 0 Å². The van der Waals surface area contributed by atoms with Crippen LogP contribution in [0.25, 0.3) is 0 Å². The van der Waals surface area contributed by atoms with Crippen molar-refractivity contribution < 1.29 is 38.1 Å². The van der Waals surface area contributed by atoms with Gasteiger partial charge < -0.3 is 18.9 Å². The minimum atomic E-state index is -0.621. The first-order chi connectivity index (χ1) is 18.4. The van der Waals surface area contributed by atoms with Gasteiger partial charge in [0, 0.05) is 0 Å². The van der Waals surface area contributed by atoms with Gasteiger partial charge in [0.25, 0.3) is 0 Å². The Balaban J connectivity index is 1.52. The second-order valence-electron chi connectivity index (χ2n) is 8.38. The summed E-state index contributed by atoms with van der Waals surface area (Å²) in [6.07, 6.45) is 3.44. The Morgan fingerprint density at radius 1 is 0.474 bits per heavy atom. The van der Waals surface area contributed by atoms with Crippen LogP contribution in [0.2, 0.25) is 0 Å². The highest BCUT2D eigenvalue weighted by atomic mass is 16.5. The molecule has 0 unspecified atom stereocenters. The van der Waals surface area contributed by atoms with Crippen LogP contribution < -0.4 is 9.47 Å². The highest BCUT2D eigenvalue weighted by molar-refractivity contribution is 5.95. The molecule has 38 heavy (non-hydrogen) atoms. The van der Waals surface area contributed by atoms with Crippen LogP contribution in [0, 0.1) is 0 Å². The molecule has 8 heteroatoms. The Kier molecular flexibility index (Phi) is 10.6. The van der Waals surface area contributed by atoms with Gasteiger partial charge in [-0.3, -0.25) is 0 Å². The van der Waals surface area contributed by atoms with Crippen molar-refractivity contribution in [3.05, 3.63) is 95.1 Å². The van der Waals surface area contributed by atoms with E-state index in [9.17, 15) is 19.2 Å². The van der Waals surface area contributed by atoms with Crippen LogP contribution in [-0.4, -0.2) is 37.1 Å². The third-order valence-electron chi connectivity index (χ3n) is 5.42. The van der Waals surface area contributed by atoms with Gasteiger partial charge in [-0.15, -0.1) is 0 Å². The first-order valence-electron chi connectivity index (χ1n) is 12.5. The van der Waals surface area contributed by atoms with Crippen molar-refractivity contribution in [2.75, 3.05) is 13.2 Å². The Morgan fingerprint density at radius 3 is 1.08 bits per heavy atom. The van der Waals surface area contributed by atoms with Gasteiger partial charge in [-0.25, -0.2) is 19.2 Å². The van der Waals surface area contributed by atoms with Crippen molar-refractivity contribution in [1.82, 2.24) is 0 Å². The number of hydrogen-bond donors (Lipinski definition) is 0. The molecular formula is C30H30O8. The molecule has 0 heterocycles. The molecule has 198 valence electrons. The number of benzene rings is 3. The predicted molar refractivity (Wildman–Crippen MR) is 140 cm³/mol. The molecule has 0 bridgehead atoms. The molecule has 0 radical (unpaired) electrons. The molecule has 0 spiro atoms. The van der Waals surface area contributed by atoms with Gasteiger partial charge in [0.05, 0.1) is 35.5 Å². The van der Waals surface area contributed by atoms with Crippen LogP contribution in [0.5, 0.6) is 11.5 Å². The number of carbonyl (C=O) groups is 4. The van der Waals surface area contributed by atoms with Crippen molar-refractivity contribution in [3.63, 3.8) is 0 Å². The molecule has 0 N–H and O–H groups in total. The standard InChI is InChI=1S/C30H30O8/c1-3-5-19-35-27(31)21-11-15-25(16-12-21)37-29(33)23-7-9-24(10-8-23)30(34)38-26-17-13-22(14-18-26)28(32)36-20-6-4-2/h7-18H,3-6,19-20H2,1-2H3. The number of unbranched alkanes of at least 4 members (excludes halogenated alkanes) is 2. The van der Waals surface area contributed by atoms with Gasteiger partial charge in [0.2, 0.25) is 0 Å². The van der Waals surface area contributed by atoms with Crippen LogP contribution >= 0.6 is 0 Å². The summed E-state index contributed by atoms with van der Waals surface area (Å²) in [5, 5.41) is 0. The average molecular weight is 519 g/mol. The smallest absolute Gasteiger partial charge is 0.343 e. The van der Waals surface area contributed by atoms with Gasteiger partial charge in [0.1, 0.15) is 11.5 Å². The highest BCUT2D eigenvalue weighted by Gasteiger charge is 2.14. The minimum absolute atomic E-state index is 0.232. The summed E-state index contributed by atoms with van der Waals surface area (Å²) < 4.78 is 21.0. The van der Waals surface area contributed by atoms with Gasteiger partial charge in [-0.05, 0) is 85.6 Å². The maximum absolute atomic E-state index is 12.5. The van der Waals surface area contributed by atoms with E-state index in [4.69, 9.17) is 18.9 Å². The fraction of sp³-hybridized carbons (Fsp3) is 0.267. The van der Waals surface area contributed by atoms with Crippen LogP contribution in [-0.2, 0) is 9.47 Å². The van der Waals surface area contributed by atoms with Gasteiger partial charge >= 0.3 is 23.9 Å². The summed E-state index contributed by atoms with van der Waals surface area (Å²) in [5.74, 6) is -1.57. The Labute approximate surface area is 221 Å². The predicted octanol–water partition coefficient (Wildman–Crippen LogP) is 6.04. The lowest BCUT2D eigenvalue weighted by Crippen LogP contribution is -2.12. The molecule has 0 saturated heterocycles. The lowest BCUT2D eigenvalue weighted by atomic mass is 10.1. The summed E-state index contributed by atoms with van der Waals surface area (Å²) in [6, 6.07) is 18.0. The number of ether oxygens (including phenoxy) is 4. The van der Waals surface area contributed by atoms with Gasteiger partial charge in [-0.1, -0.05) is 26.7 Å². The summed E-state index contributed by atoms with van der Waals surface area (Å²) in [7, 11) is 0. The van der Waals surface area contributed by atoms with Crippen LogP contribution in [0.1, 0.15) is 81.0 Å². The van der Waals surface area contributed by atoms with Crippen molar-refractivity contribution in [1.29, 1.82) is 0 Å². The second-order valence-corrected chi connectivity index (χ2v) is 8.38. The molecule has 0 saturated carbocycles. The van der Waals surface area contributed by atoms with Gasteiger partial charge in [-0.2, -0.15) is 0 Å². The van der Waals surface area contributed by atoms with E-state index >= 15 is 0 Å². The Hall–Kier alpha value is -4.46. The van der Waals surface area contributed by atoms with E-state index in [0.717, 1.165) is 25.7 Å². The summed E-state index contributed by atoms with van der Waals surface area (Å²) in [6.45, 7) is 4.73. The van der Waals surface area contributed by atoms with Gasteiger partial charge in [0.15, 0.2) is 0 Å². The minimum Gasteiger partial charge on any atom is -0.462 e. The van der Waals surface area contributed by atoms with Crippen LogP contribution in [0.15, 0.2) is 72.8 Å². The first-order valence-corrected chi connectivity index (χ1v) is 12.5. The van der Waals surface area contributed by atoms with Crippen molar-refractivity contribution in [2.24, 2.45) is 0 Å². The molecule has 3 rings (SSSR count). The third-order valence-corrected chi connectivity index (χ3v) is 5.42. The molecule has 8 nitrogen and oxygen atoms in total. The topological polar surface area (TPSA) is 105 Å². The Morgan fingerprint density at radius 2 is 0.763 bits per heavy atom. The zero-order valence-corrected chi connectivity index (χ0v) is 21.4. The highest BCUT2D eigenvalue weighted by Crippen LogP contribution is 2.18. The molecule has 0 aliphatic heterocycles. The fourth-order valence-electron chi connectivity index (χ4n) is 3.18. The largest absolute Gasteiger partial charge is 0.462 e. The molecule has 0 fully saturated rings. The normalized spacial score (nSPS) is 10.4. The van der Waals surface area contributed by atoms with E-state index in [1.807, 2.05) is 13.8 Å². The first kappa shape index (κ1) is 28.1. The van der Waals surface area contributed by atoms with E-state index in [1.165, 1.54) is 72.8 Å². The summed E-state index contributed by atoms with van der Waals surface area (Å²) in [4.78, 5) is 48.9. The number of esters is 4. The molecule has 0 aliphatic rings. The van der Waals surface area contributed by atoms with E-state index in [2.05, 4.69) is 0 Å². The Bertz CT molecular complexity index is 1130. The van der Waals surface area contributed by atoms with Crippen LogP contribution in [0.4, 0.5) is 0 Å². The molecule has 0 amide bonds. The van der Waals surface area contributed by atoms with Crippen molar-refractivity contribution >= 4 is 23.9 Å². The molecule has 0 aromatic heterocycles. The molecular weight excluding hydrogens is 488 g/mol. The second kappa shape index (κ2) is 14.3. The fourth-order valence-corrected chi connectivity index (χ4v) is 3.18. The number of hydrogen-bond acceptors (Lipinski definition) is 8. The molecule has 0 aliphatic carbocycles. The average Bonchev–Trinajstić information content (AvgIpc) is 2.94. The quantitative estimate of drug-likeness (QED) is 0.162. The lowest BCUT2D eigenvalue weighted by Gasteiger charge is -2.08. The molecule has 0 atom stereocenters. The third kappa shape index (κ3) is 8.30. The summed E-state index contributed by atoms with van der Waals surface area (Å²) in [5.41, 5.74) is 1.20. The maximum Gasteiger partial charge on any atom is 0.343 e. The SMILES string of the molecule is CCCCOC(=O)c1ccc(OC(=O)c2ccc(C(=O)Oc3ccc(C(=O)OCCCC)cc3)cc2)cc1. The monoisotopic (exact) mass is 518 g/mol. The van der Waals surface area contributed by atoms with E-state index < -0.39 is 23.9 Å². The van der Waals surface area contributed by atoms with E-state index in [-0.39, 0.29) is 22.6 Å². The zero-order chi connectivity index (χ0) is 27.3. The number of rotatable bonds is 12. The van der Waals surface area contributed by atoms with E-state index in [0.29, 0.717) is 24.3 Å². The van der Waals surface area contributed by atoms with Crippen molar-refractivity contribution in [3.8, 4) is 11.5 Å².